The van der Waals surface area contributed by atoms with E-state index in [1.54, 1.807) is 6.42 Å². The highest BCUT2D eigenvalue weighted by Crippen LogP contribution is 2.55. The van der Waals surface area contributed by atoms with Crippen LogP contribution in [0.1, 0.15) is 72.6 Å². The molecule has 0 amide bonds. The maximum absolute atomic E-state index is 2.49. The van der Waals surface area contributed by atoms with Crippen LogP contribution in [0.5, 0.6) is 0 Å². The summed E-state index contributed by atoms with van der Waals surface area (Å²) in [6, 6.07) is 0. The number of rotatable bonds is 3. The molecular formula is C16H30. The van der Waals surface area contributed by atoms with Crippen LogP contribution >= 0.6 is 0 Å². The van der Waals surface area contributed by atoms with Crippen LogP contribution in [0.25, 0.3) is 0 Å². The van der Waals surface area contributed by atoms with Crippen LogP contribution in [-0.4, -0.2) is 0 Å². The van der Waals surface area contributed by atoms with Crippen molar-refractivity contribution in [2.75, 3.05) is 0 Å². The number of hydrogen-bond donors (Lipinski definition) is 0. The molecule has 0 spiro atoms. The Hall–Kier alpha value is 0. The van der Waals surface area contributed by atoms with E-state index < -0.39 is 0 Å². The predicted octanol–water partition coefficient (Wildman–Crippen LogP) is 5.28. The molecule has 0 heteroatoms. The summed E-state index contributed by atoms with van der Waals surface area (Å²) in [5, 5.41) is 0. The van der Waals surface area contributed by atoms with Gasteiger partial charge in [-0.2, -0.15) is 0 Å². The van der Waals surface area contributed by atoms with Gasteiger partial charge in [-0.25, -0.2) is 0 Å². The summed E-state index contributed by atoms with van der Waals surface area (Å²) in [4.78, 5) is 0. The second-order valence-electron chi connectivity index (χ2n) is 7.48. The Kier molecular flexibility index (Phi) is 3.66. The molecule has 94 valence electrons. The minimum Gasteiger partial charge on any atom is -0.0654 e. The van der Waals surface area contributed by atoms with Gasteiger partial charge in [-0.15, -0.1) is 0 Å². The van der Waals surface area contributed by atoms with Crippen LogP contribution in [0.4, 0.5) is 0 Å². The van der Waals surface area contributed by atoms with E-state index in [4.69, 9.17) is 0 Å². The van der Waals surface area contributed by atoms with Gasteiger partial charge in [0, 0.05) is 0 Å². The van der Waals surface area contributed by atoms with Crippen LogP contribution in [-0.2, 0) is 0 Å². The lowest BCUT2D eigenvalue weighted by Gasteiger charge is -2.46. The molecule has 4 atom stereocenters. The van der Waals surface area contributed by atoms with Crippen molar-refractivity contribution < 1.29 is 0 Å². The zero-order valence-electron chi connectivity index (χ0n) is 11.8. The fraction of sp³-hybridized carbons (Fsp3) is 1.00. The molecule has 0 saturated heterocycles. The van der Waals surface area contributed by atoms with Crippen LogP contribution in [0.15, 0.2) is 0 Å². The summed E-state index contributed by atoms with van der Waals surface area (Å²) >= 11 is 0. The van der Waals surface area contributed by atoms with Gasteiger partial charge < -0.3 is 0 Å². The molecular weight excluding hydrogens is 192 g/mol. The SMILES string of the molecule is CCCCC1CC2CC(C)(C)CC(C)CC12. The summed E-state index contributed by atoms with van der Waals surface area (Å²) in [7, 11) is 0. The molecule has 0 aromatic heterocycles. The van der Waals surface area contributed by atoms with E-state index in [-0.39, 0.29) is 0 Å². The Bertz CT molecular complexity index is 228. The minimum atomic E-state index is 0.620. The van der Waals surface area contributed by atoms with Crippen LogP contribution in [0, 0.1) is 29.1 Å². The fourth-order valence-electron chi connectivity index (χ4n) is 4.63. The van der Waals surface area contributed by atoms with E-state index in [9.17, 15) is 0 Å². The van der Waals surface area contributed by atoms with Gasteiger partial charge in [-0.1, -0.05) is 47.0 Å². The second-order valence-corrected chi connectivity index (χ2v) is 7.48. The van der Waals surface area contributed by atoms with Crippen molar-refractivity contribution in [2.45, 2.75) is 72.6 Å². The summed E-state index contributed by atoms with van der Waals surface area (Å²) in [6.07, 6.45) is 10.4. The van der Waals surface area contributed by atoms with Gasteiger partial charge in [0.05, 0.1) is 0 Å². The summed E-state index contributed by atoms with van der Waals surface area (Å²) in [5.41, 5.74) is 0.620. The normalized spacial score (nSPS) is 42.0. The highest BCUT2D eigenvalue weighted by Gasteiger charge is 2.45. The van der Waals surface area contributed by atoms with Crippen LogP contribution < -0.4 is 0 Å². The van der Waals surface area contributed by atoms with E-state index in [0.29, 0.717) is 5.41 Å². The van der Waals surface area contributed by atoms with Crippen molar-refractivity contribution >= 4 is 0 Å². The molecule has 2 aliphatic rings. The van der Waals surface area contributed by atoms with E-state index in [1.165, 1.54) is 38.5 Å². The molecule has 0 nitrogen and oxygen atoms in total. The van der Waals surface area contributed by atoms with Crippen molar-refractivity contribution in [2.24, 2.45) is 29.1 Å². The lowest BCUT2D eigenvalue weighted by Crippen LogP contribution is -2.37. The second kappa shape index (κ2) is 4.70. The first-order chi connectivity index (χ1) is 7.52. The zero-order chi connectivity index (χ0) is 11.8. The molecule has 0 N–H and O–H groups in total. The van der Waals surface area contributed by atoms with Crippen molar-refractivity contribution in [3.8, 4) is 0 Å². The van der Waals surface area contributed by atoms with Gasteiger partial charge in [0.1, 0.15) is 0 Å². The van der Waals surface area contributed by atoms with Gasteiger partial charge in [0.2, 0.25) is 0 Å². The standard InChI is InChI=1S/C16H30/c1-5-6-7-13-9-14-11-16(3,4)10-12(2)8-15(13)14/h12-15H,5-11H2,1-4H3. The predicted molar refractivity (Wildman–Crippen MR) is 71.4 cm³/mol. The van der Waals surface area contributed by atoms with Crippen molar-refractivity contribution in [3.63, 3.8) is 0 Å². The lowest BCUT2D eigenvalue weighted by atomic mass is 9.59. The van der Waals surface area contributed by atoms with Gasteiger partial charge >= 0.3 is 0 Å². The number of fused-ring (bicyclic) bond motifs is 1. The molecule has 0 heterocycles. The quantitative estimate of drug-likeness (QED) is 0.610. The molecule has 0 aliphatic heterocycles. The molecule has 0 bridgehead atoms. The third-order valence-corrected chi connectivity index (χ3v) is 5.14. The molecule has 2 rings (SSSR count). The molecule has 2 fully saturated rings. The third kappa shape index (κ3) is 2.63. The summed E-state index contributed by atoms with van der Waals surface area (Å²) in [5.74, 6) is 4.25. The van der Waals surface area contributed by atoms with Crippen molar-refractivity contribution in [1.29, 1.82) is 0 Å². The van der Waals surface area contributed by atoms with Gasteiger partial charge in [-0.3, -0.25) is 0 Å². The molecule has 16 heavy (non-hydrogen) atoms. The molecule has 2 aliphatic carbocycles. The summed E-state index contributed by atoms with van der Waals surface area (Å²) in [6.45, 7) is 9.80. The maximum Gasteiger partial charge on any atom is -0.0349 e. The fourth-order valence-corrected chi connectivity index (χ4v) is 4.63. The van der Waals surface area contributed by atoms with E-state index in [2.05, 4.69) is 27.7 Å². The van der Waals surface area contributed by atoms with E-state index >= 15 is 0 Å². The highest BCUT2D eigenvalue weighted by atomic mass is 14.5. The third-order valence-electron chi connectivity index (χ3n) is 5.14. The van der Waals surface area contributed by atoms with Crippen LogP contribution in [0.3, 0.4) is 0 Å². The first-order valence-corrected chi connectivity index (χ1v) is 7.52. The van der Waals surface area contributed by atoms with Crippen LogP contribution in [0.2, 0.25) is 0 Å². The minimum absolute atomic E-state index is 0.620. The first kappa shape index (κ1) is 12.5. The van der Waals surface area contributed by atoms with Crippen molar-refractivity contribution in [3.05, 3.63) is 0 Å². The summed E-state index contributed by atoms with van der Waals surface area (Å²) < 4.78 is 0. The Morgan fingerprint density at radius 3 is 2.56 bits per heavy atom. The zero-order valence-corrected chi connectivity index (χ0v) is 11.8. The van der Waals surface area contributed by atoms with E-state index in [1.807, 2.05) is 0 Å². The molecule has 0 aromatic rings. The Labute approximate surface area is 102 Å². The molecule has 0 radical (unpaired) electrons. The number of unbranched alkanes of at least 4 members (excludes halogenated alkanes) is 1. The Morgan fingerprint density at radius 2 is 1.88 bits per heavy atom. The maximum atomic E-state index is 2.49. The smallest absolute Gasteiger partial charge is 0.0349 e. The highest BCUT2D eigenvalue weighted by molar-refractivity contribution is 4.95. The van der Waals surface area contributed by atoms with Gasteiger partial charge in [0.15, 0.2) is 0 Å². The van der Waals surface area contributed by atoms with Crippen molar-refractivity contribution in [1.82, 2.24) is 0 Å². The molecule has 0 aromatic carbocycles. The molecule has 2 saturated carbocycles. The Balaban J connectivity index is 1.92. The topological polar surface area (TPSA) is 0 Å². The van der Waals surface area contributed by atoms with Gasteiger partial charge in [-0.05, 0) is 54.8 Å². The monoisotopic (exact) mass is 222 g/mol. The molecule has 4 unspecified atom stereocenters. The lowest BCUT2D eigenvalue weighted by molar-refractivity contribution is 0.0361. The largest absolute Gasteiger partial charge is 0.0654 e. The van der Waals surface area contributed by atoms with E-state index in [0.717, 1.165) is 23.7 Å². The van der Waals surface area contributed by atoms with Gasteiger partial charge in [0.25, 0.3) is 0 Å². The first-order valence-electron chi connectivity index (χ1n) is 7.52. The average molecular weight is 222 g/mol. The number of hydrogen-bond acceptors (Lipinski definition) is 0. The average Bonchev–Trinajstić information content (AvgIpc) is 2.25. The Morgan fingerprint density at radius 1 is 1.12 bits per heavy atom.